The highest BCUT2D eigenvalue weighted by Crippen LogP contribution is 2.60. The Morgan fingerprint density at radius 2 is 1.65 bits per heavy atom. The van der Waals surface area contributed by atoms with Crippen molar-refractivity contribution < 1.29 is 23.9 Å². The van der Waals surface area contributed by atoms with Crippen LogP contribution in [0.15, 0.2) is 0 Å². The van der Waals surface area contributed by atoms with Gasteiger partial charge in [0, 0.05) is 25.6 Å². The van der Waals surface area contributed by atoms with Crippen LogP contribution in [0.5, 0.6) is 0 Å². The van der Waals surface area contributed by atoms with E-state index in [2.05, 4.69) is 0 Å². The molecule has 0 aromatic carbocycles. The number of primary amides is 1. The molecule has 2 N–H and O–H groups in total. The van der Waals surface area contributed by atoms with Crippen molar-refractivity contribution in [1.29, 1.82) is 0 Å². The third-order valence-electron chi connectivity index (χ3n) is 8.38. The summed E-state index contributed by atoms with van der Waals surface area (Å²) in [5.41, 5.74) is 4.86. The fourth-order valence-corrected chi connectivity index (χ4v) is 7.32. The largest absolute Gasteiger partial charge is 0.446 e. The molecule has 6 aliphatic rings. The molecule has 2 heterocycles. The number of likely N-dealkylation sites (tertiary alicyclic amines) is 2. The van der Waals surface area contributed by atoms with Crippen molar-refractivity contribution in [2.24, 2.45) is 34.8 Å². The second-order valence-corrected chi connectivity index (χ2v) is 11.7. The van der Waals surface area contributed by atoms with Crippen molar-refractivity contribution in [2.45, 2.75) is 77.0 Å². The SMILES string of the molecule is CC(C)(C)OC(=O)N1CCC2CN(C(=O)OC3C4CC5CC3CC(C(N)=O)(C5)C4)CC21. The first kappa shape index (κ1) is 20.9. The molecule has 4 bridgehead atoms. The van der Waals surface area contributed by atoms with E-state index in [9.17, 15) is 14.4 Å². The standard InChI is InChI=1S/C23H35N3O5/c1-22(2,3)31-21(29)26-5-4-14-11-25(12-17(14)26)20(28)30-18-15-6-13-7-16(18)10-23(8-13,9-15)19(24)27/h13-18H,4-12H2,1-3H3,(H2,24,27). The highest BCUT2D eigenvalue weighted by atomic mass is 16.6. The summed E-state index contributed by atoms with van der Waals surface area (Å²) in [6, 6.07) is -0.000897. The monoisotopic (exact) mass is 433 g/mol. The molecule has 31 heavy (non-hydrogen) atoms. The summed E-state index contributed by atoms with van der Waals surface area (Å²) in [5, 5.41) is 0. The molecule has 0 radical (unpaired) electrons. The van der Waals surface area contributed by atoms with E-state index in [0.29, 0.717) is 25.6 Å². The first-order valence-electron chi connectivity index (χ1n) is 11.8. The number of amides is 3. The van der Waals surface area contributed by atoms with E-state index >= 15 is 0 Å². The Hall–Kier alpha value is -1.99. The Labute approximate surface area is 183 Å². The van der Waals surface area contributed by atoms with Gasteiger partial charge in [-0.3, -0.25) is 4.79 Å². The summed E-state index contributed by atoms with van der Waals surface area (Å²) in [5.74, 6) is 1.11. The number of carbonyl (C=O) groups excluding carboxylic acids is 3. The minimum atomic E-state index is -0.534. The Kier molecular flexibility index (Phi) is 4.72. The molecule has 6 rings (SSSR count). The summed E-state index contributed by atoms with van der Waals surface area (Å²) >= 11 is 0. The van der Waals surface area contributed by atoms with Crippen LogP contribution >= 0.6 is 0 Å². The Balaban J connectivity index is 1.21. The molecule has 4 atom stereocenters. The van der Waals surface area contributed by atoms with Gasteiger partial charge in [-0.25, -0.2) is 9.59 Å². The topological polar surface area (TPSA) is 102 Å². The zero-order chi connectivity index (χ0) is 22.1. The molecule has 6 fully saturated rings. The number of rotatable bonds is 2. The maximum Gasteiger partial charge on any atom is 0.410 e. The van der Waals surface area contributed by atoms with Crippen LogP contribution in [0.1, 0.15) is 59.3 Å². The van der Waals surface area contributed by atoms with Gasteiger partial charge in [0.05, 0.1) is 11.5 Å². The molecule has 0 aromatic heterocycles. The Morgan fingerprint density at radius 3 is 2.26 bits per heavy atom. The molecule has 172 valence electrons. The van der Waals surface area contributed by atoms with Gasteiger partial charge >= 0.3 is 12.2 Å². The van der Waals surface area contributed by atoms with Crippen molar-refractivity contribution in [3.63, 3.8) is 0 Å². The number of nitrogens with two attached hydrogens (primary N) is 1. The number of ether oxygens (including phenoxy) is 2. The summed E-state index contributed by atoms with van der Waals surface area (Å²) in [4.78, 5) is 41.3. The average Bonchev–Trinajstić information content (AvgIpc) is 3.23. The van der Waals surface area contributed by atoms with E-state index in [1.807, 2.05) is 20.8 Å². The first-order valence-corrected chi connectivity index (χ1v) is 11.8. The molecule has 8 heteroatoms. The lowest BCUT2D eigenvalue weighted by Crippen LogP contribution is -2.59. The second kappa shape index (κ2) is 7.01. The third-order valence-corrected chi connectivity index (χ3v) is 8.38. The van der Waals surface area contributed by atoms with Crippen LogP contribution in [0.3, 0.4) is 0 Å². The number of hydrogen-bond acceptors (Lipinski definition) is 5. The number of nitrogens with zero attached hydrogens (tertiary/aromatic N) is 2. The molecule has 0 aromatic rings. The van der Waals surface area contributed by atoms with Gasteiger partial charge in [-0.05, 0) is 77.0 Å². The summed E-state index contributed by atoms with van der Waals surface area (Å²) in [6.45, 7) is 7.40. The Morgan fingerprint density at radius 1 is 0.968 bits per heavy atom. The van der Waals surface area contributed by atoms with Crippen LogP contribution in [0.4, 0.5) is 9.59 Å². The van der Waals surface area contributed by atoms with Crippen LogP contribution < -0.4 is 5.73 Å². The fourth-order valence-electron chi connectivity index (χ4n) is 7.32. The lowest BCUT2D eigenvalue weighted by atomic mass is 9.48. The average molecular weight is 434 g/mol. The van der Waals surface area contributed by atoms with Gasteiger partial charge in [-0.1, -0.05) is 0 Å². The molecule has 4 unspecified atom stereocenters. The third kappa shape index (κ3) is 3.55. The van der Waals surface area contributed by atoms with Crippen LogP contribution in [0.2, 0.25) is 0 Å². The zero-order valence-corrected chi connectivity index (χ0v) is 18.8. The van der Waals surface area contributed by atoms with Gasteiger partial charge in [0.25, 0.3) is 0 Å². The minimum Gasteiger partial charge on any atom is -0.446 e. The smallest absolute Gasteiger partial charge is 0.410 e. The van der Waals surface area contributed by atoms with Crippen molar-refractivity contribution >= 4 is 18.1 Å². The molecular formula is C23H35N3O5. The fraction of sp³-hybridized carbons (Fsp3) is 0.870. The number of carbonyl (C=O) groups is 3. The molecule has 0 spiro atoms. The molecule has 4 aliphatic carbocycles. The van der Waals surface area contributed by atoms with Gasteiger partial charge in [0.1, 0.15) is 11.7 Å². The molecule has 2 saturated heterocycles. The van der Waals surface area contributed by atoms with Crippen molar-refractivity contribution in [3.05, 3.63) is 0 Å². The predicted molar refractivity (Wildman–Crippen MR) is 112 cm³/mol. The van der Waals surface area contributed by atoms with Gasteiger partial charge in [-0.2, -0.15) is 0 Å². The van der Waals surface area contributed by atoms with Crippen LogP contribution in [-0.2, 0) is 14.3 Å². The number of hydrogen-bond donors (Lipinski definition) is 1. The zero-order valence-electron chi connectivity index (χ0n) is 18.8. The normalized spacial score (nSPS) is 40.7. The highest BCUT2D eigenvalue weighted by molar-refractivity contribution is 5.81. The van der Waals surface area contributed by atoms with Gasteiger partial charge in [0.2, 0.25) is 5.91 Å². The van der Waals surface area contributed by atoms with Crippen LogP contribution in [0, 0.1) is 29.1 Å². The predicted octanol–water partition coefficient (Wildman–Crippen LogP) is 2.74. The molecule has 2 aliphatic heterocycles. The van der Waals surface area contributed by atoms with Crippen LogP contribution in [-0.4, -0.2) is 65.3 Å². The summed E-state index contributed by atoms with van der Waals surface area (Å²) in [7, 11) is 0. The van der Waals surface area contributed by atoms with E-state index in [4.69, 9.17) is 15.2 Å². The summed E-state index contributed by atoms with van der Waals surface area (Å²) in [6.07, 6.45) is 4.67. The van der Waals surface area contributed by atoms with E-state index in [1.165, 1.54) is 0 Å². The van der Waals surface area contributed by atoms with Gasteiger partial charge in [-0.15, -0.1) is 0 Å². The van der Waals surface area contributed by atoms with Crippen molar-refractivity contribution in [3.8, 4) is 0 Å². The van der Waals surface area contributed by atoms with Gasteiger partial charge in [0.15, 0.2) is 0 Å². The maximum absolute atomic E-state index is 13.1. The lowest BCUT2D eigenvalue weighted by molar-refractivity contribution is -0.161. The highest BCUT2D eigenvalue weighted by Gasteiger charge is 2.59. The summed E-state index contributed by atoms with van der Waals surface area (Å²) < 4.78 is 11.6. The van der Waals surface area contributed by atoms with E-state index < -0.39 is 5.60 Å². The molecule has 4 saturated carbocycles. The minimum absolute atomic E-state index is 0.000897. The van der Waals surface area contributed by atoms with E-state index in [1.54, 1.807) is 9.80 Å². The number of fused-ring (bicyclic) bond motifs is 1. The Bertz CT molecular complexity index is 777. The van der Waals surface area contributed by atoms with Crippen LogP contribution in [0.25, 0.3) is 0 Å². The quantitative estimate of drug-likeness (QED) is 0.721. The second-order valence-electron chi connectivity index (χ2n) is 11.7. The lowest BCUT2D eigenvalue weighted by Gasteiger charge is -2.58. The molecule has 3 amide bonds. The van der Waals surface area contributed by atoms with Gasteiger partial charge < -0.3 is 25.0 Å². The van der Waals surface area contributed by atoms with E-state index in [0.717, 1.165) is 38.5 Å². The van der Waals surface area contributed by atoms with Crippen molar-refractivity contribution in [2.75, 3.05) is 19.6 Å². The first-order chi connectivity index (χ1) is 14.5. The molecule has 8 nitrogen and oxygen atoms in total. The molecular weight excluding hydrogens is 398 g/mol. The van der Waals surface area contributed by atoms with Crippen molar-refractivity contribution in [1.82, 2.24) is 9.80 Å². The van der Waals surface area contributed by atoms with E-state index in [-0.39, 0.29) is 53.4 Å². The maximum atomic E-state index is 13.1.